The second-order valence-corrected chi connectivity index (χ2v) is 3.40. The summed E-state index contributed by atoms with van der Waals surface area (Å²) < 4.78 is 4.60. The smallest absolute Gasteiger partial charge is 0.370 e. The number of nitrogens with one attached hydrogen (secondary N) is 1. The Hall–Kier alpha value is -2.15. The fourth-order valence-electron chi connectivity index (χ4n) is 1.04. The summed E-state index contributed by atoms with van der Waals surface area (Å²) in [5, 5.41) is 13.7. The molecule has 1 aromatic carbocycles. The van der Waals surface area contributed by atoms with Crippen LogP contribution in [0.5, 0.6) is 0 Å². The number of nitrogens with zero attached hydrogens (tertiary/aromatic N) is 2. The van der Waals surface area contributed by atoms with Gasteiger partial charge in [-0.3, -0.25) is 15.5 Å². The van der Waals surface area contributed by atoms with Crippen molar-refractivity contribution in [3.05, 3.63) is 34.4 Å². The second kappa shape index (κ2) is 6.55. The van der Waals surface area contributed by atoms with Crippen LogP contribution in [0.15, 0.2) is 29.4 Å². The van der Waals surface area contributed by atoms with Crippen LogP contribution in [0, 0.1) is 10.1 Å². The normalized spacial score (nSPS) is 10.9. The zero-order chi connectivity index (χ0) is 13.5. The fraction of sp³-hybridized carbons (Fsp3) is 0.200. The van der Waals surface area contributed by atoms with Crippen LogP contribution < -0.4 is 5.43 Å². The van der Waals surface area contributed by atoms with Crippen LogP contribution in [0.4, 0.5) is 11.4 Å². The SMILES string of the molecule is CCOC(=O)/C(Cl)=N\Nc1cccc([N+](=O)[O-])c1. The van der Waals surface area contributed by atoms with E-state index < -0.39 is 10.9 Å². The minimum atomic E-state index is -0.767. The van der Waals surface area contributed by atoms with E-state index >= 15 is 0 Å². The first kappa shape index (κ1) is 13.9. The van der Waals surface area contributed by atoms with Gasteiger partial charge in [-0.25, -0.2) is 4.79 Å². The monoisotopic (exact) mass is 271 g/mol. The minimum Gasteiger partial charge on any atom is -0.461 e. The number of nitro benzene ring substituents is 1. The third-order valence-corrected chi connectivity index (χ3v) is 2.02. The summed E-state index contributed by atoms with van der Waals surface area (Å²) in [6, 6.07) is 5.63. The molecule has 0 saturated carbocycles. The van der Waals surface area contributed by atoms with Crippen LogP contribution in [0.3, 0.4) is 0 Å². The molecule has 0 saturated heterocycles. The number of hydrogen-bond acceptors (Lipinski definition) is 6. The third-order valence-electron chi connectivity index (χ3n) is 1.78. The predicted octanol–water partition coefficient (Wildman–Crippen LogP) is 2.12. The van der Waals surface area contributed by atoms with E-state index in [1.165, 1.54) is 18.2 Å². The fourth-order valence-corrected chi connectivity index (χ4v) is 1.14. The number of hydrazone groups is 1. The third kappa shape index (κ3) is 4.02. The molecule has 0 spiro atoms. The van der Waals surface area contributed by atoms with Crippen molar-refractivity contribution >= 4 is 34.1 Å². The summed E-state index contributed by atoms with van der Waals surface area (Å²) in [5.74, 6) is -0.767. The lowest BCUT2D eigenvalue weighted by molar-refractivity contribution is -0.384. The summed E-state index contributed by atoms with van der Waals surface area (Å²) >= 11 is 5.54. The quantitative estimate of drug-likeness (QED) is 0.383. The Morgan fingerprint density at radius 2 is 2.33 bits per heavy atom. The van der Waals surface area contributed by atoms with Crippen molar-refractivity contribution in [2.45, 2.75) is 6.92 Å². The summed E-state index contributed by atoms with van der Waals surface area (Å²) in [5.41, 5.74) is 2.67. The zero-order valence-electron chi connectivity index (χ0n) is 9.42. The Labute approximate surface area is 108 Å². The van der Waals surface area contributed by atoms with Gasteiger partial charge in [-0.1, -0.05) is 17.7 Å². The van der Waals surface area contributed by atoms with Crippen molar-refractivity contribution in [3.8, 4) is 0 Å². The topological polar surface area (TPSA) is 93.8 Å². The lowest BCUT2D eigenvalue weighted by Gasteiger charge is -2.01. The first-order valence-electron chi connectivity index (χ1n) is 4.95. The molecule has 0 radical (unpaired) electrons. The molecule has 0 unspecified atom stereocenters. The molecule has 7 nitrogen and oxygen atoms in total. The summed E-state index contributed by atoms with van der Waals surface area (Å²) in [4.78, 5) is 21.1. The van der Waals surface area contributed by atoms with E-state index in [0.717, 1.165) is 0 Å². The van der Waals surface area contributed by atoms with Crippen LogP contribution >= 0.6 is 11.6 Å². The maximum atomic E-state index is 11.1. The van der Waals surface area contributed by atoms with Gasteiger partial charge in [-0.05, 0) is 13.0 Å². The van der Waals surface area contributed by atoms with Crippen molar-refractivity contribution in [3.63, 3.8) is 0 Å². The van der Waals surface area contributed by atoms with Gasteiger partial charge in [0.05, 0.1) is 17.2 Å². The predicted molar refractivity (Wildman–Crippen MR) is 66.6 cm³/mol. The van der Waals surface area contributed by atoms with Gasteiger partial charge in [0.15, 0.2) is 0 Å². The van der Waals surface area contributed by atoms with Crippen LogP contribution in [0.25, 0.3) is 0 Å². The highest BCUT2D eigenvalue weighted by Gasteiger charge is 2.09. The number of esters is 1. The van der Waals surface area contributed by atoms with E-state index in [9.17, 15) is 14.9 Å². The van der Waals surface area contributed by atoms with Gasteiger partial charge in [-0.2, -0.15) is 5.10 Å². The molecule has 1 N–H and O–H groups in total. The van der Waals surface area contributed by atoms with Crippen LogP contribution in [0.1, 0.15) is 6.92 Å². The van der Waals surface area contributed by atoms with Gasteiger partial charge in [0.25, 0.3) is 5.69 Å². The zero-order valence-corrected chi connectivity index (χ0v) is 10.2. The highest BCUT2D eigenvalue weighted by molar-refractivity contribution is 6.82. The molecule has 0 aliphatic rings. The molecular formula is C10H10ClN3O4. The molecule has 0 aliphatic heterocycles. The molecule has 8 heteroatoms. The first-order valence-corrected chi connectivity index (χ1v) is 5.33. The Balaban J connectivity index is 2.73. The number of nitro groups is 1. The Morgan fingerprint density at radius 3 is 2.94 bits per heavy atom. The van der Waals surface area contributed by atoms with E-state index in [2.05, 4.69) is 15.3 Å². The lowest BCUT2D eigenvalue weighted by Crippen LogP contribution is -2.13. The van der Waals surface area contributed by atoms with Crippen molar-refractivity contribution in [2.75, 3.05) is 12.0 Å². The molecule has 96 valence electrons. The number of rotatable bonds is 5. The first-order chi connectivity index (χ1) is 8.54. The molecule has 1 rings (SSSR count). The number of benzene rings is 1. The molecule has 0 amide bonds. The van der Waals surface area contributed by atoms with Gasteiger partial charge in [0.2, 0.25) is 5.17 Å². The number of hydrogen-bond donors (Lipinski definition) is 1. The Morgan fingerprint density at radius 1 is 1.61 bits per heavy atom. The molecule has 18 heavy (non-hydrogen) atoms. The van der Waals surface area contributed by atoms with Gasteiger partial charge in [0.1, 0.15) is 0 Å². The Bertz CT molecular complexity index is 490. The number of non-ortho nitro benzene ring substituents is 1. The molecule has 0 fully saturated rings. The number of carbonyl (C=O) groups is 1. The van der Waals surface area contributed by atoms with Gasteiger partial charge >= 0.3 is 5.97 Å². The summed E-state index contributed by atoms with van der Waals surface area (Å²) in [6.07, 6.45) is 0. The summed E-state index contributed by atoms with van der Waals surface area (Å²) in [6.45, 7) is 1.82. The summed E-state index contributed by atoms with van der Waals surface area (Å²) in [7, 11) is 0. The van der Waals surface area contributed by atoms with Gasteiger partial charge in [0, 0.05) is 12.1 Å². The van der Waals surface area contributed by atoms with Crippen LogP contribution in [-0.4, -0.2) is 22.7 Å². The average Bonchev–Trinajstić information content (AvgIpc) is 2.36. The second-order valence-electron chi connectivity index (χ2n) is 3.04. The molecule has 1 aromatic rings. The molecular weight excluding hydrogens is 262 g/mol. The maximum Gasteiger partial charge on any atom is 0.370 e. The highest BCUT2D eigenvalue weighted by atomic mass is 35.5. The number of ether oxygens (including phenoxy) is 1. The van der Waals surface area contributed by atoms with E-state index in [0.29, 0.717) is 5.69 Å². The van der Waals surface area contributed by atoms with Crippen molar-refractivity contribution in [1.29, 1.82) is 0 Å². The van der Waals surface area contributed by atoms with Crippen molar-refractivity contribution in [1.82, 2.24) is 0 Å². The molecule has 0 aliphatic carbocycles. The van der Waals surface area contributed by atoms with E-state index in [1.807, 2.05) is 0 Å². The van der Waals surface area contributed by atoms with Crippen molar-refractivity contribution in [2.24, 2.45) is 5.10 Å². The minimum absolute atomic E-state index is 0.0949. The maximum absolute atomic E-state index is 11.1. The van der Waals surface area contributed by atoms with Crippen molar-refractivity contribution < 1.29 is 14.5 Å². The lowest BCUT2D eigenvalue weighted by atomic mass is 10.3. The van der Waals surface area contributed by atoms with E-state index in [-0.39, 0.29) is 17.5 Å². The standard InChI is InChI=1S/C10H10ClN3O4/c1-2-18-10(15)9(11)13-12-7-4-3-5-8(6-7)14(16)17/h3-6,12H,2H2,1H3/b13-9+. The van der Waals surface area contributed by atoms with E-state index in [1.54, 1.807) is 13.0 Å². The van der Waals surface area contributed by atoms with Gasteiger partial charge in [-0.15, -0.1) is 0 Å². The van der Waals surface area contributed by atoms with Crippen LogP contribution in [0.2, 0.25) is 0 Å². The van der Waals surface area contributed by atoms with Gasteiger partial charge < -0.3 is 4.74 Å². The average molecular weight is 272 g/mol. The molecule has 0 bridgehead atoms. The van der Waals surface area contributed by atoms with E-state index in [4.69, 9.17) is 11.6 Å². The molecule has 0 atom stereocenters. The number of anilines is 1. The van der Waals surface area contributed by atoms with Crippen LogP contribution in [-0.2, 0) is 9.53 Å². The largest absolute Gasteiger partial charge is 0.461 e. The molecule has 0 aromatic heterocycles. The Kier molecular flexibility index (Phi) is 5.06. The number of carbonyl (C=O) groups excluding carboxylic acids is 1. The number of halogens is 1. The highest BCUT2D eigenvalue weighted by Crippen LogP contribution is 2.16. The molecule has 0 heterocycles.